The van der Waals surface area contributed by atoms with Gasteiger partial charge in [-0.2, -0.15) is 13.2 Å². The molecule has 0 aromatic heterocycles. The first-order valence-corrected chi connectivity index (χ1v) is 5.65. The molecule has 0 spiro atoms. The molecule has 1 rings (SSSR count). The van der Waals surface area contributed by atoms with Crippen molar-refractivity contribution < 1.29 is 18.0 Å². The van der Waals surface area contributed by atoms with Gasteiger partial charge in [-0.1, -0.05) is 28.1 Å². The first kappa shape index (κ1) is 14.3. The standard InChI is InChI=1S/C10H8BrClF3NO/c1-16(9(12)17)8(10(13,14)15)6-2-4-7(11)5-3-6/h2-5,8H,1H3/t8-/m0/s1. The summed E-state index contributed by atoms with van der Waals surface area (Å²) in [4.78, 5) is 11.3. The Balaban J connectivity index is 3.15. The summed E-state index contributed by atoms with van der Waals surface area (Å²) in [5, 5.41) is -1.16. The Morgan fingerprint density at radius 2 is 1.82 bits per heavy atom. The molecule has 0 unspecified atom stereocenters. The van der Waals surface area contributed by atoms with Crippen LogP contribution in [-0.2, 0) is 0 Å². The molecule has 7 heteroatoms. The lowest BCUT2D eigenvalue weighted by molar-refractivity contribution is -0.174. The first-order valence-electron chi connectivity index (χ1n) is 4.48. The van der Waals surface area contributed by atoms with E-state index in [4.69, 9.17) is 11.6 Å². The number of rotatable bonds is 2. The summed E-state index contributed by atoms with van der Waals surface area (Å²) in [6.07, 6.45) is -4.58. The quantitative estimate of drug-likeness (QED) is 0.583. The number of halogens is 5. The van der Waals surface area contributed by atoms with Crippen molar-refractivity contribution in [1.29, 1.82) is 0 Å². The van der Waals surface area contributed by atoms with Gasteiger partial charge in [0, 0.05) is 11.5 Å². The molecule has 94 valence electrons. The maximum Gasteiger partial charge on any atom is 0.413 e. The van der Waals surface area contributed by atoms with Crippen LogP contribution < -0.4 is 0 Å². The molecular weight excluding hydrogens is 322 g/mol. The molecule has 0 heterocycles. The monoisotopic (exact) mass is 329 g/mol. The summed E-state index contributed by atoms with van der Waals surface area (Å²) in [6, 6.07) is 3.49. The minimum Gasteiger partial charge on any atom is -0.316 e. The van der Waals surface area contributed by atoms with Crippen molar-refractivity contribution in [3.05, 3.63) is 34.3 Å². The molecule has 0 N–H and O–H groups in total. The van der Waals surface area contributed by atoms with E-state index in [1.54, 1.807) is 0 Å². The number of alkyl halides is 3. The second-order valence-electron chi connectivity index (χ2n) is 3.36. The number of amides is 1. The van der Waals surface area contributed by atoms with Crippen LogP contribution in [-0.4, -0.2) is 23.5 Å². The summed E-state index contributed by atoms with van der Waals surface area (Å²) >= 11 is 8.21. The maximum atomic E-state index is 12.9. The fourth-order valence-corrected chi connectivity index (χ4v) is 1.74. The Bertz CT molecular complexity index is 407. The summed E-state index contributed by atoms with van der Waals surface area (Å²) in [5.74, 6) is 0. The van der Waals surface area contributed by atoms with Crippen molar-refractivity contribution in [2.24, 2.45) is 0 Å². The Kier molecular flexibility index (Phi) is 4.43. The molecule has 0 aliphatic carbocycles. The van der Waals surface area contributed by atoms with Crippen LogP contribution in [0, 0.1) is 0 Å². The van der Waals surface area contributed by atoms with Gasteiger partial charge in [-0.05, 0) is 29.3 Å². The van der Waals surface area contributed by atoms with Gasteiger partial charge in [0.15, 0.2) is 6.04 Å². The molecule has 1 aromatic rings. The van der Waals surface area contributed by atoms with Crippen LogP contribution in [0.15, 0.2) is 28.7 Å². The predicted octanol–water partition coefficient (Wildman–Crippen LogP) is 4.34. The summed E-state index contributed by atoms with van der Waals surface area (Å²) in [7, 11) is 1.01. The normalized spacial score (nSPS) is 13.3. The number of carbonyl (C=O) groups is 1. The lowest BCUT2D eigenvalue weighted by Crippen LogP contribution is -2.37. The van der Waals surface area contributed by atoms with E-state index in [1.165, 1.54) is 24.3 Å². The van der Waals surface area contributed by atoms with Crippen molar-refractivity contribution in [2.45, 2.75) is 12.2 Å². The van der Waals surface area contributed by atoms with Crippen LogP contribution in [0.2, 0.25) is 0 Å². The number of carbonyl (C=O) groups excluding carboxylic acids is 1. The van der Waals surface area contributed by atoms with Gasteiger partial charge in [0.05, 0.1) is 0 Å². The molecule has 0 aliphatic heterocycles. The lowest BCUT2D eigenvalue weighted by atomic mass is 10.1. The Morgan fingerprint density at radius 3 is 2.18 bits per heavy atom. The Morgan fingerprint density at radius 1 is 1.35 bits per heavy atom. The van der Waals surface area contributed by atoms with Crippen LogP contribution in [0.1, 0.15) is 11.6 Å². The van der Waals surface area contributed by atoms with E-state index in [1.807, 2.05) is 0 Å². The van der Waals surface area contributed by atoms with Gasteiger partial charge in [-0.3, -0.25) is 4.79 Å². The summed E-state index contributed by atoms with van der Waals surface area (Å²) < 4.78 is 39.2. The van der Waals surface area contributed by atoms with Crippen LogP contribution >= 0.6 is 27.5 Å². The molecule has 17 heavy (non-hydrogen) atoms. The predicted molar refractivity (Wildman–Crippen MR) is 62.0 cm³/mol. The smallest absolute Gasteiger partial charge is 0.316 e. The molecule has 1 amide bonds. The zero-order chi connectivity index (χ0) is 13.2. The van der Waals surface area contributed by atoms with E-state index in [9.17, 15) is 18.0 Å². The molecule has 0 fully saturated rings. The van der Waals surface area contributed by atoms with Crippen molar-refractivity contribution >= 4 is 32.9 Å². The fraction of sp³-hybridized carbons (Fsp3) is 0.300. The lowest BCUT2D eigenvalue weighted by Gasteiger charge is -2.28. The van der Waals surface area contributed by atoms with E-state index in [0.29, 0.717) is 9.37 Å². The summed E-state index contributed by atoms with van der Waals surface area (Å²) in [6.45, 7) is 0. The van der Waals surface area contributed by atoms with E-state index in [2.05, 4.69) is 15.9 Å². The van der Waals surface area contributed by atoms with E-state index in [0.717, 1.165) is 7.05 Å². The average molecular weight is 331 g/mol. The van der Waals surface area contributed by atoms with Gasteiger partial charge in [-0.25, -0.2) is 0 Å². The molecule has 0 saturated heterocycles. The van der Waals surface area contributed by atoms with Gasteiger partial charge < -0.3 is 4.90 Å². The van der Waals surface area contributed by atoms with Crippen LogP contribution in [0.25, 0.3) is 0 Å². The number of benzene rings is 1. The highest BCUT2D eigenvalue weighted by Gasteiger charge is 2.44. The minimum atomic E-state index is -4.58. The largest absolute Gasteiger partial charge is 0.413 e. The molecule has 0 saturated carbocycles. The molecule has 1 atom stereocenters. The molecule has 0 radical (unpaired) electrons. The van der Waals surface area contributed by atoms with E-state index >= 15 is 0 Å². The summed E-state index contributed by atoms with van der Waals surface area (Å²) in [5.41, 5.74) is -0.0443. The maximum absolute atomic E-state index is 12.9. The third-order valence-corrected chi connectivity index (χ3v) is 2.96. The van der Waals surface area contributed by atoms with Crippen LogP contribution in [0.4, 0.5) is 18.0 Å². The second kappa shape index (κ2) is 5.27. The highest BCUT2D eigenvalue weighted by Crippen LogP contribution is 2.37. The van der Waals surface area contributed by atoms with E-state index in [-0.39, 0.29) is 5.56 Å². The van der Waals surface area contributed by atoms with Crippen molar-refractivity contribution in [3.63, 3.8) is 0 Å². The third kappa shape index (κ3) is 3.61. The van der Waals surface area contributed by atoms with Crippen molar-refractivity contribution in [1.82, 2.24) is 4.90 Å². The highest BCUT2D eigenvalue weighted by atomic mass is 79.9. The van der Waals surface area contributed by atoms with Gasteiger partial charge >= 0.3 is 11.5 Å². The van der Waals surface area contributed by atoms with Gasteiger partial charge in [-0.15, -0.1) is 0 Å². The van der Waals surface area contributed by atoms with Crippen molar-refractivity contribution in [2.75, 3.05) is 7.05 Å². The molecule has 0 aliphatic rings. The highest BCUT2D eigenvalue weighted by molar-refractivity contribution is 9.10. The third-order valence-electron chi connectivity index (χ3n) is 2.16. The second-order valence-corrected chi connectivity index (χ2v) is 4.60. The molecule has 1 aromatic carbocycles. The minimum absolute atomic E-state index is 0.0443. The number of hydrogen-bond acceptors (Lipinski definition) is 1. The topological polar surface area (TPSA) is 20.3 Å². The molecular formula is C10H8BrClF3NO. The number of hydrogen-bond donors (Lipinski definition) is 0. The van der Waals surface area contributed by atoms with Crippen LogP contribution in [0.5, 0.6) is 0 Å². The SMILES string of the molecule is CN(C(=O)Cl)[C@@H](c1ccc(Br)cc1)C(F)(F)F. The zero-order valence-corrected chi connectivity index (χ0v) is 11.0. The molecule has 0 bridgehead atoms. The van der Waals surface area contributed by atoms with Crippen LogP contribution in [0.3, 0.4) is 0 Å². The van der Waals surface area contributed by atoms with Gasteiger partial charge in [0.25, 0.3) is 0 Å². The van der Waals surface area contributed by atoms with Gasteiger partial charge in [0.2, 0.25) is 0 Å². The first-order chi connectivity index (χ1) is 7.73. The van der Waals surface area contributed by atoms with Crippen molar-refractivity contribution in [3.8, 4) is 0 Å². The zero-order valence-electron chi connectivity index (χ0n) is 8.63. The Hall–Kier alpha value is -0.750. The fourth-order valence-electron chi connectivity index (χ4n) is 1.38. The number of nitrogens with zero attached hydrogens (tertiary/aromatic N) is 1. The Labute approximate surface area is 109 Å². The molecule has 2 nitrogen and oxygen atoms in total. The van der Waals surface area contributed by atoms with E-state index < -0.39 is 17.6 Å². The average Bonchev–Trinajstić information content (AvgIpc) is 2.19. The van der Waals surface area contributed by atoms with Gasteiger partial charge in [0.1, 0.15) is 0 Å².